The van der Waals surface area contributed by atoms with E-state index in [1.54, 1.807) is 6.92 Å². The molecule has 0 aliphatic heterocycles. The summed E-state index contributed by atoms with van der Waals surface area (Å²) in [5.41, 5.74) is 2.58. The van der Waals surface area contributed by atoms with Crippen molar-refractivity contribution >= 4 is 16.7 Å². The summed E-state index contributed by atoms with van der Waals surface area (Å²) in [6.45, 7) is 6.82. The van der Waals surface area contributed by atoms with Crippen LogP contribution in [0.3, 0.4) is 0 Å². The van der Waals surface area contributed by atoms with E-state index >= 15 is 0 Å². The SMILES string of the molecule is CC(=O)CCn1ccc2cc(C(C)C)ccc21. The Morgan fingerprint density at radius 1 is 1.29 bits per heavy atom. The van der Waals surface area contributed by atoms with Crippen LogP contribution in [0.25, 0.3) is 10.9 Å². The standard InChI is InChI=1S/C15H19NO/c1-11(2)13-4-5-15-14(10-13)7-9-16(15)8-6-12(3)17/h4-5,7,9-11H,6,8H2,1-3H3. The molecule has 0 saturated heterocycles. The molecule has 0 bridgehead atoms. The fourth-order valence-corrected chi connectivity index (χ4v) is 2.05. The first-order valence-electron chi connectivity index (χ1n) is 6.16. The summed E-state index contributed by atoms with van der Waals surface area (Å²) < 4.78 is 2.15. The van der Waals surface area contributed by atoms with Crippen LogP contribution < -0.4 is 0 Å². The van der Waals surface area contributed by atoms with Crippen LogP contribution in [0.5, 0.6) is 0 Å². The van der Waals surface area contributed by atoms with E-state index in [1.165, 1.54) is 16.5 Å². The Labute approximate surface area is 102 Å². The number of aromatic nitrogens is 1. The molecular formula is C15H19NO. The van der Waals surface area contributed by atoms with Crippen molar-refractivity contribution in [1.29, 1.82) is 0 Å². The van der Waals surface area contributed by atoms with Gasteiger partial charge < -0.3 is 4.57 Å². The van der Waals surface area contributed by atoms with Gasteiger partial charge in [0.05, 0.1) is 0 Å². The van der Waals surface area contributed by atoms with Gasteiger partial charge in [0.1, 0.15) is 5.78 Å². The molecule has 0 radical (unpaired) electrons. The summed E-state index contributed by atoms with van der Waals surface area (Å²) in [5, 5.41) is 1.26. The van der Waals surface area contributed by atoms with E-state index in [2.05, 4.69) is 48.9 Å². The molecule has 0 N–H and O–H groups in total. The molecule has 0 atom stereocenters. The van der Waals surface area contributed by atoms with E-state index in [-0.39, 0.29) is 5.78 Å². The lowest BCUT2D eigenvalue weighted by Gasteiger charge is -2.07. The Kier molecular flexibility index (Phi) is 3.32. The maximum absolute atomic E-state index is 11.0. The number of benzene rings is 1. The van der Waals surface area contributed by atoms with Gasteiger partial charge in [0.2, 0.25) is 0 Å². The average molecular weight is 229 g/mol. The van der Waals surface area contributed by atoms with E-state index in [4.69, 9.17) is 0 Å². The first-order chi connectivity index (χ1) is 8.08. The van der Waals surface area contributed by atoms with Crippen molar-refractivity contribution in [3.63, 3.8) is 0 Å². The average Bonchev–Trinajstić information content (AvgIpc) is 2.68. The van der Waals surface area contributed by atoms with E-state index in [1.807, 2.05) is 0 Å². The summed E-state index contributed by atoms with van der Waals surface area (Å²) in [7, 11) is 0. The van der Waals surface area contributed by atoms with Gasteiger partial charge in [0.25, 0.3) is 0 Å². The van der Waals surface area contributed by atoms with Crippen LogP contribution in [0, 0.1) is 0 Å². The third kappa shape index (κ3) is 2.57. The molecule has 2 rings (SSSR count). The van der Waals surface area contributed by atoms with Gasteiger partial charge in [-0.25, -0.2) is 0 Å². The van der Waals surface area contributed by atoms with E-state index in [0.717, 1.165) is 6.54 Å². The Bertz CT molecular complexity index is 537. The number of aryl methyl sites for hydroxylation is 1. The van der Waals surface area contributed by atoms with Crippen LogP contribution in [-0.4, -0.2) is 10.4 Å². The van der Waals surface area contributed by atoms with Crippen LogP contribution >= 0.6 is 0 Å². The lowest BCUT2D eigenvalue weighted by Crippen LogP contribution is -2.01. The van der Waals surface area contributed by atoms with Gasteiger partial charge in [-0.3, -0.25) is 4.79 Å². The minimum Gasteiger partial charge on any atom is -0.347 e. The Morgan fingerprint density at radius 2 is 2.06 bits per heavy atom. The molecule has 0 fully saturated rings. The number of ketones is 1. The van der Waals surface area contributed by atoms with Crippen LogP contribution in [0.2, 0.25) is 0 Å². The van der Waals surface area contributed by atoms with Crippen molar-refractivity contribution in [3.05, 3.63) is 36.0 Å². The first kappa shape index (κ1) is 11.9. The number of fused-ring (bicyclic) bond motifs is 1. The molecule has 0 aliphatic rings. The highest BCUT2D eigenvalue weighted by Gasteiger charge is 2.05. The van der Waals surface area contributed by atoms with Crippen LogP contribution in [0.1, 0.15) is 38.7 Å². The Morgan fingerprint density at radius 3 is 2.71 bits per heavy atom. The maximum Gasteiger partial charge on any atom is 0.131 e. The number of carbonyl (C=O) groups is 1. The lowest BCUT2D eigenvalue weighted by atomic mass is 10.0. The topological polar surface area (TPSA) is 22.0 Å². The Balaban J connectivity index is 2.31. The molecule has 2 aromatic rings. The number of hydrogen-bond acceptors (Lipinski definition) is 1. The van der Waals surface area contributed by atoms with Crippen molar-refractivity contribution in [2.45, 2.75) is 39.7 Å². The highest BCUT2D eigenvalue weighted by atomic mass is 16.1. The lowest BCUT2D eigenvalue weighted by molar-refractivity contribution is -0.117. The zero-order valence-corrected chi connectivity index (χ0v) is 10.7. The fourth-order valence-electron chi connectivity index (χ4n) is 2.05. The third-order valence-electron chi connectivity index (χ3n) is 3.17. The summed E-state index contributed by atoms with van der Waals surface area (Å²) in [6, 6.07) is 8.70. The van der Waals surface area contributed by atoms with Crippen molar-refractivity contribution in [2.75, 3.05) is 0 Å². The molecule has 1 heterocycles. The predicted octanol–water partition coefficient (Wildman–Crippen LogP) is 3.74. The summed E-state index contributed by atoms with van der Waals surface area (Å²) >= 11 is 0. The number of nitrogens with zero attached hydrogens (tertiary/aromatic N) is 1. The van der Waals surface area contributed by atoms with Gasteiger partial charge in [-0.1, -0.05) is 19.9 Å². The molecule has 17 heavy (non-hydrogen) atoms. The second-order valence-corrected chi connectivity index (χ2v) is 4.93. The minimum absolute atomic E-state index is 0.241. The second kappa shape index (κ2) is 4.74. The normalized spacial score (nSPS) is 11.3. The van der Waals surface area contributed by atoms with Gasteiger partial charge in [-0.05, 0) is 42.0 Å². The molecule has 0 aliphatic carbocycles. The predicted molar refractivity (Wildman–Crippen MR) is 71.3 cm³/mol. The number of carbonyl (C=O) groups excluding carboxylic acids is 1. The molecule has 90 valence electrons. The highest BCUT2D eigenvalue weighted by molar-refractivity contribution is 5.81. The van der Waals surface area contributed by atoms with Gasteiger partial charge in [0.15, 0.2) is 0 Å². The fraction of sp³-hybridized carbons (Fsp3) is 0.400. The first-order valence-corrected chi connectivity index (χ1v) is 6.16. The molecule has 0 unspecified atom stereocenters. The highest BCUT2D eigenvalue weighted by Crippen LogP contribution is 2.22. The largest absolute Gasteiger partial charge is 0.347 e. The molecule has 0 saturated carbocycles. The molecule has 1 aromatic carbocycles. The van der Waals surface area contributed by atoms with Crippen LogP contribution in [-0.2, 0) is 11.3 Å². The molecule has 2 heteroatoms. The third-order valence-corrected chi connectivity index (χ3v) is 3.17. The second-order valence-electron chi connectivity index (χ2n) is 4.93. The van der Waals surface area contributed by atoms with Crippen molar-refractivity contribution in [3.8, 4) is 0 Å². The van der Waals surface area contributed by atoms with Gasteiger partial charge in [-0.15, -0.1) is 0 Å². The molecule has 0 amide bonds. The molecule has 0 spiro atoms. The number of rotatable bonds is 4. The summed E-state index contributed by atoms with van der Waals surface area (Å²) in [4.78, 5) is 11.0. The van der Waals surface area contributed by atoms with Gasteiger partial charge in [-0.2, -0.15) is 0 Å². The number of hydrogen-bond donors (Lipinski definition) is 0. The van der Waals surface area contributed by atoms with E-state index in [0.29, 0.717) is 12.3 Å². The van der Waals surface area contributed by atoms with Crippen molar-refractivity contribution in [1.82, 2.24) is 4.57 Å². The van der Waals surface area contributed by atoms with E-state index in [9.17, 15) is 4.79 Å². The van der Waals surface area contributed by atoms with Gasteiger partial charge in [0, 0.05) is 24.7 Å². The van der Waals surface area contributed by atoms with E-state index < -0.39 is 0 Å². The summed E-state index contributed by atoms with van der Waals surface area (Å²) in [5.74, 6) is 0.797. The molecule has 2 nitrogen and oxygen atoms in total. The minimum atomic E-state index is 0.241. The molecular weight excluding hydrogens is 210 g/mol. The Hall–Kier alpha value is -1.57. The van der Waals surface area contributed by atoms with Crippen LogP contribution in [0.15, 0.2) is 30.5 Å². The maximum atomic E-state index is 11.0. The van der Waals surface area contributed by atoms with Crippen molar-refractivity contribution in [2.24, 2.45) is 0 Å². The summed E-state index contributed by atoms with van der Waals surface area (Å²) in [6.07, 6.45) is 2.67. The van der Waals surface area contributed by atoms with Crippen LogP contribution in [0.4, 0.5) is 0 Å². The zero-order chi connectivity index (χ0) is 12.4. The monoisotopic (exact) mass is 229 g/mol. The van der Waals surface area contributed by atoms with Gasteiger partial charge >= 0.3 is 0 Å². The molecule has 1 aromatic heterocycles. The quantitative estimate of drug-likeness (QED) is 0.782. The smallest absolute Gasteiger partial charge is 0.131 e. The van der Waals surface area contributed by atoms with Crippen molar-refractivity contribution < 1.29 is 4.79 Å². The number of Topliss-reactive ketones (excluding diaryl/α,β-unsaturated/α-hetero) is 1. The zero-order valence-electron chi connectivity index (χ0n) is 10.7.